The van der Waals surface area contributed by atoms with E-state index in [1.54, 1.807) is 18.3 Å². The van der Waals surface area contributed by atoms with E-state index in [1.807, 2.05) is 28.8 Å². The van der Waals surface area contributed by atoms with Gasteiger partial charge in [-0.05, 0) is 30.3 Å². The fraction of sp³-hybridized carbons (Fsp3) is 0.0769. The van der Waals surface area contributed by atoms with Crippen molar-refractivity contribution in [3.63, 3.8) is 0 Å². The van der Waals surface area contributed by atoms with Gasteiger partial charge in [0, 0.05) is 6.20 Å². The van der Waals surface area contributed by atoms with Crippen molar-refractivity contribution in [1.29, 1.82) is 0 Å². The lowest BCUT2D eigenvalue weighted by Crippen LogP contribution is -2.01. The van der Waals surface area contributed by atoms with Crippen LogP contribution in [0.3, 0.4) is 0 Å². The Morgan fingerprint density at radius 3 is 3.06 bits per heavy atom. The average Bonchev–Trinajstić information content (AvgIpc) is 2.85. The number of ether oxygens (including phenoxy) is 1. The molecule has 0 atom stereocenters. The molecule has 17 heavy (non-hydrogen) atoms. The molecule has 84 valence electrons. The first-order valence-electron chi connectivity index (χ1n) is 5.24. The fourth-order valence-electron chi connectivity index (χ4n) is 1.93. The molecule has 2 aromatic heterocycles. The van der Waals surface area contributed by atoms with Gasteiger partial charge < -0.3 is 9.14 Å². The SMILES string of the molecule is COC(=O)c1ccc2c(c1)ncc1cccn12. The summed E-state index contributed by atoms with van der Waals surface area (Å²) in [6, 6.07) is 9.31. The van der Waals surface area contributed by atoms with Crippen LogP contribution in [0.25, 0.3) is 16.6 Å². The van der Waals surface area contributed by atoms with Crippen molar-refractivity contribution in [3.8, 4) is 0 Å². The molecule has 3 rings (SSSR count). The number of hydrogen-bond donors (Lipinski definition) is 0. The summed E-state index contributed by atoms with van der Waals surface area (Å²) in [4.78, 5) is 15.7. The highest BCUT2D eigenvalue weighted by atomic mass is 16.5. The zero-order valence-corrected chi connectivity index (χ0v) is 9.25. The van der Waals surface area contributed by atoms with Crippen LogP contribution >= 0.6 is 0 Å². The average molecular weight is 226 g/mol. The summed E-state index contributed by atoms with van der Waals surface area (Å²) in [5.41, 5.74) is 3.29. The number of esters is 1. The number of carbonyl (C=O) groups excluding carboxylic acids is 1. The highest BCUT2D eigenvalue weighted by Crippen LogP contribution is 2.17. The minimum atomic E-state index is -0.346. The molecule has 2 heterocycles. The Morgan fingerprint density at radius 1 is 1.35 bits per heavy atom. The quantitative estimate of drug-likeness (QED) is 0.598. The minimum Gasteiger partial charge on any atom is -0.465 e. The molecule has 0 fully saturated rings. The molecule has 0 bridgehead atoms. The number of fused-ring (bicyclic) bond motifs is 3. The molecule has 0 spiro atoms. The number of methoxy groups -OCH3 is 1. The van der Waals surface area contributed by atoms with Gasteiger partial charge in [0.1, 0.15) is 0 Å². The zero-order valence-electron chi connectivity index (χ0n) is 9.25. The predicted octanol–water partition coefficient (Wildman–Crippen LogP) is 2.27. The van der Waals surface area contributed by atoms with Crippen LogP contribution in [0.1, 0.15) is 10.4 Å². The van der Waals surface area contributed by atoms with Crippen LogP contribution in [0.5, 0.6) is 0 Å². The van der Waals surface area contributed by atoms with Gasteiger partial charge in [0.2, 0.25) is 0 Å². The van der Waals surface area contributed by atoms with E-state index in [0.29, 0.717) is 5.56 Å². The maximum absolute atomic E-state index is 11.4. The second kappa shape index (κ2) is 3.59. The minimum absolute atomic E-state index is 0.346. The van der Waals surface area contributed by atoms with Crippen molar-refractivity contribution in [3.05, 3.63) is 48.3 Å². The van der Waals surface area contributed by atoms with E-state index >= 15 is 0 Å². The lowest BCUT2D eigenvalue weighted by Gasteiger charge is -2.04. The molecule has 0 radical (unpaired) electrons. The van der Waals surface area contributed by atoms with E-state index in [0.717, 1.165) is 16.6 Å². The monoisotopic (exact) mass is 226 g/mol. The summed E-state index contributed by atoms with van der Waals surface area (Å²) in [6.45, 7) is 0. The highest BCUT2D eigenvalue weighted by molar-refractivity contribution is 5.93. The topological polar surface area (TPSA) is 43.6 Å². The molecule has 0 aliphatic carbocycles. The Morgan fingerprint density at radius 2 is 2.24 bits per heavy atom. The van der Waals surface area contributed by atoms with Crippen molar-refractivity contribution < 1.29 is 9.53 Å². The van der Waals surface area contributed by atoms with Gasteiger partial charge in [-0.15, -0.1) is 0 Å². The largest absolute Gasteiger partial charge is 0.465 e. The number of rotatable bonds is 1. The van der Waals surface area contributed by atoms with Crippen molar-refractivity contribution in [1.82, 2.24) is 9.38 Å². The molecular formula is C13H10N2O2. The number of carbonyl (C=O) groups is 1. The van der Waals surface area contributed by atoms with Crippen LogP contribution in [0, 0.1) is 0 Å². The number of hydrogen-bond acceptors (Lipinski definition) is 3. The molecule has 0 N–H and O–H groups in total. The van der Waals surface area contributed by atoms with Crippen LogP contribution in [0.15, 0.2) is 42.7 Å². The number of nitrogens with zero attached hydrogens (tertiary/aromatic N) is 2. The molecular weight excluding hydrogens is 216 g/mol. The third-order valence-corrected chi connectivity index (χ3v) is 2.77. The van der Waals surface area contributed by atoms with Crippen LogP contribution in [-0.4, -0.2) is 22.5 Å². The Hall–Kier alpha value is -2.36. The van der Waals surface area contributed by atoms with Gasteiger partial charge in [-0.2, -0.15) is 0 Å². The van der Waals surface area contributed by atoms with Crippen LogP contribution < -0.4 is 0 Å². The molecule has 4 nitrogen and oxygen atoms in total. The summed E-state index contributed by atoms with van der Waals surface area (Å²) < 4.78 is 6.72. The van der Waals surface area contributed by atoms with Gasteiger partial charge in [0.25, 0.3) is 0 Å². The lowest BCUT2D eigenvalue weighted by molar-refractivity contribution is 0.0601. The summed E-state index contributed by atoms with van der Waals surface area (Å²) in [5.74, 6) is -0.346. The zero-order chi connectivity index (χ0) is 11.8. The number of benzene rings is 1. The molecule has 4 heteroatoms. The van der Waals surface area contributed by atoms with Gasteiger partial charge in [-0.3, -0.25) is 4.98 Å². The van der Waals surface area contributed by atoms with Crippen molar-refractivity contribution in [2.24, 2.45) is 0 Å². The standard InChI is InChI=1S/C13H10N2O2/c1-17-13(16)9-4-5-12-11(7-9)14-8-10-3-2-6-15(10)12/h2-8H,1H3. The van der Waals surface area contributed by atoms with Gasteiger partial charge in [-0.1, -0.05) is 0 Å². The van der Waals surface area contributed by atoms with E-state index < -0.39 is 0 Å². The van der Waals surface area contributed by atoms with E-state index in [2.05, 4.69) is 9.72 Å². The predicted molar refractivity (Wildman–Crippen MR) is 64.0 cm³/mol. The lowest BCUT2D eigenvalue weighted by atomic mass is 10.2. The van der Waals surface area contributed by atoms with Gasteiger partial charge in [-0.25, -0.2) is 4.79 Å². The van der Waals surface area contributed by atoms with Crippen LogP contribution in [0.2, 0.25) is 0 Å². The molecule has 0 amide bonds. The van der Waals surface area contributed by atoms with Gasteiger partial charge in [0.15, 0.2) is 0 Å². The molecule has 1 aromatic carbocycles. The summed E-state index contributed by atoms with van der Waals surface area (Å²) in [6.07, 6.45) is 3.75. The second-order valence-corrected chi connectivity index (χ2v) is 3.76. The van der Waals surface area contributed by atoms with Crippen LogP contribution in [-0.2, 0) is 4.74 Å². The van der Waals surface area contributed by atoms with E-state index in [4.69, 9.17) is 0 Å². The first kappa shape index (κ1) is 9.84. The Labute approximate surface area is 97.5 Å². The summed E-state index contributed by atoms with van der Waals surface area (Å²) >= 11 is 0. The van der Waals surface area contributed by atoms with E-state index in [1.165, 1.54) is 7.11 Å². The molecule has 0 saturated heterocycles. The Bertz CT molecular complexity index is 716. The summed E-state index contributed by atoms with van der Waals surface area (Å²) in [5, 5.41) is 0. The maximum atomic E-state index is 11.4. The third kappa shape index (κ3) is 1.45. The first-order valence-corrected chi connectivity index (χ1v) is 5.24. The number of aromatic nitrogens is 2. The third-order valence-electron chi connectivity index (χ3n) is 2.77. The van der Waals surface area contributed by atoms with Gasteiger partial charge in [0.05, 0.1) is 35.4 Å². The normalized spacial score (nSPS) is 10.9. The second-order valence-electron chi connectivity index (χ2n) is 3.76. The Balaban J connectivity index is 2.30. The first-order chi connectivity index (χ1) is 8.29. The van der Waals surface area contributed by atoms with Crippen LogP contribution in [0.4, 0.5) is 0 Å². The van der Waals surface area contributed by atoms with Gasteiger partial charge >= 0.3 is 5.97 Å². The molecule has 0 unspecified atom stereocenters. The highest BCUT2D eigenvalue weighted by Gasteiger charge is 2.07. The molecule has 0 aliphatic rings. The molecule has 0 aliphatic heterocycles. The molecule has 0 saturated carbocycles. The van der Waals surface area contributed by atoms with E-state index in [9.17, 15) is 4.79 Å². The van der Waals surface area contributed by atoms with Crippen molar-refractivity contribution >= 4 is 22.5 Å². The van der Waals surface area contributed by atoms with Crippen molar-refractivity contribution in [2.75, 3.05) is 7.11 Å². The van der Waals surface area contributed by atoms with E-state index in [-0.39, 0.29) is 5.97 Å². The maximum Gasteiger partial charge on any atom is 0.337 e. The molecule has 3 aromatic rings. The summed E-state index contributed by atoms with van der Waals surface area (Å²) in [7, 11) is 1.37. The Kier molecular flexibility index (Phi) is 2.08. The van der Waals surface area contributed by atoms with Crippen molar-refractivity contribution in [2.45, 2.75) is 0 Å². The smallest absolute Gasteiger partial charge is 0.337 e. The fourth-order valence-corrected chi connectivity index (χ4v) is 1.93.